The number of thiophene rings is 1. The second-order valence-corrected chi connectivity index (χ2v) is 10.8. The minimum atomic E-state index is -3.66. The standard InChI is InChI=1S/C19H30N2O5S2/c1-19(2,3)26-16(22)9-8-11-20(4)18(23)17-15(10-14-27-17)28(24,25)21-12-6-5-7-13-21/h10,14H,5-9,11-13H2,1-4H3. The minimum Gasteiger partial charge on any atom is -0.460 e. The van der Waals surface area contributed by atoms with Crippen LogP contribution in [-0.4, -0.2) is 61.8 Å². The molecule has 9 heteroatoms. The summed E-state index contributed by atoms with van der Waals surface area (Å²) in [5.74, 6) is -0.646. The van der Waals surface area contributed by atoms with E-state index in [0.717, 1.165) is 30.6 Å². The molecule has 1 amide bonds. The SMILES string of the molecule is CN(CCCC(=O)OC(C)(C)C)C(=O)c1sccc1S(=O)(=O)N1CCCCC1. The molecule has 1 saturated heterocycles. The van der Waals surface area contributed by atoms with Crippen LogP contribution < -0.4 is 0 Å². The van der Waals surface area contributed by atoms with Gasteiger partial charge in [0.2, 0.25) is 10.0 Å². The topological polar surface area (TPSA) is 84.0 Å². The number of hydrogen-bond donors (Lipinski definition) is 0. The molecule has 0 atom stereocenters. The lowest BCUT2D eigenvalue weighted by Gasteiger charge is -2.26. The van der Waals surface area contributed by atoms with E-state index in [-0.39, 0.29) is 28.1 Å². The number of carbonyl (C=O) groups is 2. The maximum Gasteiger partial charge on any atom is 0.306 e. The third kappa shape index (κ3) is 6.02. The first-order chi connectivity index (χ1) is 13.0. The Morgan fingerprint density at radius 2 is 1.86 bits per heavy atom. The fourth-order valence-electron chi connectivity index (χ4n) is 3.03. The number of carbonyl (C=O) groups excluding carboxylic acids is 2. The third-order valence-electron chi connectivity index (χ3n) is 4.40. The van der Waals surface area contributed by atoms with Gasteiger partial charge in [0, 0.05) is 33.1 Å². The van der Waals surface area contributed by atoms with Crippen LogP contribution in [0, 0.1) is 0 Å². The number of amides is 1. The van der Waals surface area contributed by atoms with Gasteiger partial charge in [0.05, 0.1) is 0 Å². The highest BCUT2D eigenvalue weighted by Crippen LogP contribution is 2.28. The second-order valence-electron chi connectivity index (χ2n) is 8.00. The first-order valence-electron chi connectivity index (χ1n) is 9.57. The van der Waals surface area contributed by atoms with Crippen molar-refractivity contribution in [2.24, 2.45) is 0 Å². The molecule has 28 heavy (non-hydrogen) atoms. The summed E-state index contributed by atoms with van der Waals surface area (Å²) in [5, 5.41) is 1.64. The average Bonchev–Trinajstić information content (AvgIpc) is 3.10. The molecule has 0 aromatic carbocycles. The normalized spacial score (nSPS) is 16.0. The Bertz CT molecular complexity index is 789. The zero-order valence-electron chi connectivity index (χ0n) is 17.1. The fraction of sp³-hybridized carbons (Fsp3) is 0.684. The van der Waals surface area contributed by atoms with E-state index in [0.29, 0.717) is 26.1 Å². The van der Waals surface area contributed by atoms with Gasteiger partial charge in [0.15, 0.2) is 0 Å². The van der Waals surface area contributed by atoms with Crippen molar-refractivity contribution in [1.29, 1.82) is 0 Å². The number of nitrogens with zero attached hydrogens (tertiary/aromatic N) is 2. The summed E-state index contributed by atoms with van der Waals surface area (Å²) in [6, 6.07) is 1.51. The zero-order chi connectivity index (χ0) is 20.9. The van der Waals surface area contributed by atoms with Crippen molar-refractivity contribution in [2.75, 3.05) is 26.7 Å². The van der Waals surface area contributed by atoms with Gasteiger partial charge >= 0.3 is 5.97 Å². The van der Waals surface area contributed by atoms with E-state index in [4.69, 9.17) is 4.74 Å². The highest BCUT2D eigenvalue weighted by atomic mass is 32.2. The first kappa shape index (κ1) is 22.8. The Morgan fingerprint density at radius 3 is 2.46 bits per heavy atom. The smallest absolute Gasteiger partial charge is 0.306 e. The van der Waals surface area contributed by atoms with Crippen LogP contribution >= 0.6 is 11.3 Å². The van der Waals surface area contributed by atoms with Crippen LogP contribution in [0.25, 0.3) is 0 Å². The summed E-state index contributed by atoms with van der Waals surface area (Å²) in [7, 11) is -2.04. The number of hydrogen-bond acceptors (Lipinski definition) is 6. The molecule has 158 valence electrons. The first-order valence-corrected chi connectivity index (χ1v) is 11.9. The molecule has 0 radical (unpaired) electrons. The number of ether oxygens (including phenoxy) is 1. The molecule has 2 rings (SSSR count). The molecule has 0 spiro atoms. The molecule has 0 N–H and O–H groups in total. The molecule has 0 aliphatic carbocycles. The van der Waals surface area contributed by atoms with E-state index in [1.807, 2.05) is 20.8 Å². The summed E-state index contributed by atoms with van der Waals surface area (Å²) in [6.07, 6.45) is 3.38. The fourth-order valence-corrected chi connectivity index (χ4v) is 5.94. The Balaban J connectivity index is 1.99. The van der Waals surface area contributed by atoms with Crippen LogP contribution in [0.5, 0.6) is 0 Å². The van der Waals surface area contributed by atoms with Gasteiger partial charge in [-0.1, -0.05) is 6.42 Å². The summed E-state index contributed by atoms with van der Waals surface area (Å²) in [4.78, 5) is 26.4. The molecule has 0 unspecified atom stereocenters. The van der Waals surface area contributed by atoms with Gasteiger partial charge in [-0.15, -0.1) is 11.3 Å². The van der Waals surface area contributed by atoms with Crippen LogP contribution in [0.2, 0.25) is 0 Å². The van der Waals surface area contributed by atoms with Crippen molar-refractivity contribution in [1.82, 2.24) is 9.21 Å². The lowest BCUT2D eigenvalue weighted by atomic mass is 10.2. The monoisotopic (exact) mass is 430 g/mol. The van der Waals surface area contributed by atoms with Gasteiger partial charge in [-0.2, -0.15) is 4.31 Å². The number of sulfonamides is 1. The molecule has 1 aromatic heterocycles. The Morgan fingerprint density at radius 1 is 1.21 bits per heavy atom. The maximum absolute atomic E-state index is 12.9. The van der Waals surface area contributed by atoms with Crippen LogP contribution in [0.1, 0.15) is 62.5 Å². The van der Waals surface area contributed by atoms with Crippen LogP contribution in [0.15, 0.2) is 16.3 Å². The lowest BCUT2D eigenvalue weighted by Crippen LogP contribution is -2.37. The van der Waals surface area contributed by atoms with Gasteiger partial charge < -0.3 is 9.64 Å². The predicted molar refractivity (Wildman–Crippen MR) is 109 cm³/mol. The quantitative estimate of drug-likeness (QED) is 0.621. The van der Waals surface area contributed by atoms with E-state index in [1.165, 1.54) is 15.3 Å². The molecule has 7 nitrogen and oxygen atoms in total. The molecule has 0 saturated carbocycles. The Hall–Kier alpha value is -1.45. The third-order valence-corrected chi connectivity index (χ3v) is 7.37. The molecule has 1 aliphatic rings. The Labute approximate surface area is 171 Å². The molecule has 0 bridgehead atoms. The highest BCUT2D eigenvalue weighted by Gasteiger charge is 2.31. The summed E-state index contributed by atoms with van der Waals surface area (Å²) >= 11 is 1.14. The van der Waals surface area contributed by atoms with Crippen LogP contribution in [-0.2, 0) is 19.6 Å². The van der Waals surface area contributed by atoms with E-state index < -0.39 is 15.6 Å². The number of piperidine rings is 1. The molecule has 1 fully saturated rings. The van der Waals surface area contributed by atoms with Gasteiger partial charge in [0.1, 0.15) is 15.4 Å². The van der Waals surface area contributed by atoms with E-state index >= 15 is 0 Å². The molecular formula is C19H30N2O5S2. The van der Waals surface area contributed by atoms with E-state index in [1.54, 1.807) is 12.4 Å². The minimum absolute atomic E-state index is 0.0865. The average molecular weight is 431 g/mol. The van der Waals surface area contributed by atoms with Crippen molar-refractivity contribution in [3.05, 3.63) is 16.3 Å². The van der Waals surface area contributed by atoms with Gasteiger partial charge in [-0.25, -0.2) is 8.42 Å². The molecule has 2 heterocycles. The largest absolute Gasteiger partial charge is 0.460 e. The molecular weight excluding hydrogens is 400 g/mol. The highest BCUT2D eigenvalue weighted by molar-refractivity contribution is 7.89. The lowest BCUT2D eigenvalue weighted by molar-refractivity contribution is -0.154. The van der Waals surface area contributed by atoms with E-state index in [9.17, 15) is 18.0 Å². The van der Waals surface area contributed by atoms with Crippen molar-refractivity contribution in [3.63, 3.8) is 0 Å². The van der Waals surface area contributed by atoms with Crippen molar-refractivity contribution < 1.29 is 22.7 Å². The molecule has 1 aliphatic heterocycles. The second kappa shape index (κ2) is 9.37. The van der Waals surface area contributed by atoms with Gasteiger partial charge in [0.25, 0.3) is 5.91 Å². The van der Waals surface area contributed by atoms with Gasteiger partial charge in [-0.3, -0.25) is 9.59 Å². The number of rotatable bonds is 7. The van der Waals surface area contributed by atoms with E-state index in [2.05, 4.69) is 0 Å². The summed E-state index contributed by atoms with van der Waals surface area (Å²) < 4.78 is 32.6. The Kier molecular flexibility index (Phi) is 7.64. The van der Waals surface area contributed by atoms with Crippen molar-refractivity contribution >= 4 is 33.2 Å². The van der Waals surface area contributed by atoms with Crippen LogP contribution in [0.3, 0.4) is 0 Å². The van der Waals surface area contributed by atoms with Crippen molar-refractivity contribution in [3.8, 4) is 0 Å². The summed E-state index contributed by atoms with van der Waals surface area (Å²) in [6.45, 7) is 6.76. The molecule has 1 aromatic rings. The predicted octanol–water partition coefficient (Wildman–Crippen LogP) is 3.12. The maximum atomic E-state index is 12.9. The number of esters is 1. The van der Waals surface area contributed by atoms with Gasteiger partial charge in [-0.05, 0) is 51.5 Å². The van der Waals surface area contributed by atoms with Crippen LogP contribution in [0.4, 0.5) is 0 Å². The summed E-state index contributed by atoms with van der Waals surface area (Å²) in [5.41, 5.74) is -0.534. The zero-order valence-corrected chi connectivity index (χ0v) is 18.7. The van der Waals surface area contributed by atoms with Crippen molar-refractivity contribution in [2.45, 2.75) is 63.4 Å².